The standard InChI is InChI=1S/C27H29ClN2O7/c1-5-10-36-21-9-8-17(14-22(21)34-4)16-30-26(32)19(25(31)29-27(30)33)12-18-13-20(28)24(37-11-6-2)23(15-18)35-7-3/h6,8-9,12-15H,2,5,7,10-11,16H2,1,3-4H3,(H,29,31,33)/b19-12+. The fourth-order valence-electron chi connectivity index (χ4n) is 3.54. The zero-order valence-electron chi connectivity index (χ0n) is 21.0. The van der Waals surface area contributed by atoms with Gasteiger partial charge in [0.1, 0.15) is 12.2 Å². The molecule has 1 N–H and O–H groups in total. The van der Waals surface area contributed by atoms with Crippen molar-refractivity contribution in [3.63, 3.8) is 0 Å². The predicted molar refractivity (Wildman–Crippen MR) is 139 cm³/mol. The van der Waals surface area contributed by atoms with Crippen LogP contribution in [-0.4, -0.2) is 49.7 Å². The Bertz CT molecular complexity index is 1230. The molecule has 1 aliphatic heterocycles. The summed E-state index contributed by atoms with van der Waals surface area (Å²) in [5, 5.41) is 2.45. The van der Waals surface area contributed by atoms with Crippen LogP contribution in [0.4, 0.5) is 4.79 Å². The molecule has 10 heteroatoms. The lowest BCUT2D eigenvalue weighted by Crippen LogP contribution is -2.53. The van der Waals surface area contributed by atoms with Crippen LogP contribution in [0, 0.1) is 0 Å². The second kappa shape index (κ2) is 12.8. The fourth-order valence-corrected chi connectivity index (χ4v) is 3.82. The largest absolute Gasteiger partial charge is 0.493 e. The van der Waals surface area contributed by atoms with Crippen LogP contribution in [-0.2, 0) is 16.1 Å². The van der Waals surface area contributed by atoms with Gasteiger partial charge in [0, 0.05) is 0 Å². The van der Waals surface area contributed by atoms with E-state index >= 15 is 0 Å². The Morgan fingerprint density at radius 2 is 1.81 bits per heavy atom. The number of hydrogen-bond acceptors (Lipinski definition) is 7. The summed E-state index contributed by atoms with van der Waals surface area (Å²) in [6.07, 6.45) is 3.75. The van der Waals surface area contributed by atoms with Crippen molar-refractivity contribution in [3.8, 4) is 23.0 Å². The molecule has 1 heterocycles. The number of imide groups is 2. The summed E-state index contributed by atoms with van der Waals surface area (Å²) in [6, 6.07) is 7.44. The molecule has 0 unspecified atom stereocenters. The number of nitrogens with zero attached hydrogens (tertiary/aromatic N) is 1. The molecular weight excluding hydrogens is 500 g/mol. The molecule has 1 aliphatic rings. The van der Waals surface area contributed by atoms with E-state index in [2.05, 4.69) is 11.9 Å². The van der Waals surface area contributed by atoms with E-state index in [0.717, 1.165) is 11.3 Å². The summed E-state index contributed by atoms with van der Waals surface area (Å²) in [7, 11) is 1.51. The maximum atomic E-state index is 13.2. The first-order valence-corrected chi connectivity index (χ1v) is 12.1. The molecule has 4 amide bonds. The van der Waals surface area contributed by atoms with Crippen LogP contribution in [0.25, 0.3) is 6.08 Å². The minimum Gasteiger partial charge on any atom is -0.493 e. The Labute approximate surface area is 220 Å². The smallest absolute Gasteiger partial charge is 0.331 e. The van der Waals surface area contributed by atoms with Crippen LogP contribution in [0.15, 0.2) is 48.6 Å². The van der Waals surface area contributed by atoms with Gasteiger partial charge in [-0.2, -0.15) is 0 Å². The van der Waals surface area contributed by atoms with Crippen LogP contribution in [0.5, 0.6) is 23.0 Å². The number of carbonyl (C=O) groups excluding carboxylic acids is 3. The molecule has 1 fully saturated rings. The third kappa shape index (κ3) is 6.62. The van der Waals surface area contributed by atoms with Crippen molar-refractivity contribution in [2.45, 2.75) is 26.8 Å². The molecule has 0 atom stereocenters. The lowest BCUT2D eigenvalue weighted by atomic mass is 10.1. The Balaban J connectivity index is 1.91. The second-order valence-electron chi connectivity index (χ2n) is 7.90. The summed E-state index contributed by atoms with van der Waals surface area (Å²) in [5.41, 5.74) is 0.808. The summed E-state index contributed by atoms with van der Waals surface area (Å²) in [6.45, 7) is 8.40. The van der Waals surface area contributed by atoms with Crippen molar-refractivity contribution >= 4 is 35.5 Å². The van der Waals surface area contributed by atoms with E-state index in [1.807, 2.05) is 6.92 Å². The first kappa shape index (κ1) is 27.6. The summed E-state index contributed by atoms with van der Waals surface area (Å²) >= 11 is 6.39. The predicted octanol–water partition coefficient (Wildman–Crippen LogP) is 4.76. The van der Waals surface area contributed by atoms with Crippen molar-refractivity contribution in [2.24, 2.45) is 0 Å². The lowest BCUT2D eigenvalue weighted by Gasteiger charge is -2.26. The highest BCUT2D eigenvalue weighted by Gasteiger charge is 2.36. The molecule has 2 aromatic carbocycles. The first-order chi connectivity index (χ1) is 17.8. The number of carbonyl (C=O) groups is 3. The number of hydrogen-bond donors (Lipinski definition) is 1. The molecule has 3 rings (SSSR count). The molecule has 0 spiro atoms. The molecule has 196 valence electrons. The molecular formula is C27H29ClN2O7. The van der Waals surface area contributed by atoms with Gasteiger partial charge in [0.05, 0.1) is 31.9 Å². The molecule has 2 aromatic rings. The van der Waals surface area contributed by atoms with Gasteiger partial charge in [-0.15, -0.1) is 0 Å². The molecule has 0 saturated carbocycles. The third-order valence-corrected chi connectivity index (χ3v) is 5.49. The van der Waals surface area contributed by atoms with Crippen molar-refractivity contribution in [2.75, 3.05) is 26.9 Å². The number of amides is 4. The first-order valence-electron chi connectivity index (χ1n) is 11.7. The summed E-state index contributed by atoms with van der Waals surface area (Å²) in [5.74, 6) is 0.133. The maximum Gasteiger partial charge on any atom is 0.331 e. The van der Waals surface area contributed by atoms with Gasteiger partial charge in [-0.3, -0.25) is 19.8 Å². The van der Waals surface area contributed by atoms with Gasteiger partial charge in [0.2, 0.25) is 0 Å². The number of halogens is 1. The highest BCUT2D eigenvalue weighted by molar-refractivity contribution is 6.33. The van der Waals surface area contributed by atoms with Crippen molar-refractivity contribution < 1.29 is 33.3 Å². The Kier molecular flexibility index (Phi) is 9.57. The molecule has 1 saturated heterocycles. The Morgan fingerprint density at radius 3 is 2.49 bits per heavy atom. The molecule has 0 bridgehead atoms. The maximum absolute atomic E-state index is 13.2. The van der Waals surface area contributed by atoms with E-state index in [9.17, 15) is 14.4 Å². The Morgan fingerprint density at radius 1 is 1.03 bits per heavy atom. The highest BCUT2D eigenvalue weighted by Crippen LogP contribution is 2.37. The van der Waals surface area contributed by atoms with E-state index < -0.39 is 17.8 Å². The summed E-state index contributed by atoms with van der Waals surface area (Å²) in [4.78, 5) is 39.3. The average molecular weight is 529 g/mol. The summed E-state index contributed by atoms with van der Waals surface area (Å²) < 4.78 is 22.3. The number of benzene rings is 2. The normalized spacial score (nSPS) is 14.4. The second-order valence-corrected chi connectivity index (χ2v) is 8.31. The van der Waals surface area contributed by atoms with Crippen LogP contribution in [0.2, 0.25) is 5.02 Å². The number of ether oxygens (including phenoxy) is 4. The van der Waals surface area contributed by atoms with Gasteiger partial charge in [-0.1, -0.05) is 37.2 Å². The minimum atomic E-state index is -0.821. The average Bonchev–Trinajstić information content (AvgIpc) is 2.87. The van der Waals surface area contributed by atoms with E-state index in [1.54, 1.807) is 37.3 Å². The van der Waals surface area contributed by atoms with Gasteiger partial charge < -0.3 is 18.9 Å². The fraction of sp³-hybridized carbons (Fsp3) is 0.296. The molecule has 0 aliphatic carbocycles. The zero-order chi connectivity index (χ0) is 26.9. The van der Waals surface area contributed by atoms with Crippen LogP contribution >= 0.6 is 11.6 Å². The van der Waals surface area contributed by atoms with Gasteiger partial charge >= 0.3 is 6.03 Å². The number of urea groups is 1. The monoisotopic (exact) mass is 528 g/mol. The quantitative estimate of drug-likeness (QED) is 0.240. The van der Waals surface area contributed by atoms with Crippen LogP contribution in [0.1, 0.15) is 31.4 Å². The SMILES string of the molecule is C=CCOc1c(Cl)cc(/C=C2\C(=O)NC(=O)N(Cc3ccc(OCCC)c(OC)c3)C2=O)cc1OCC. The number of methoxy groups -OCH3 is 1. The van der Waals surface area contributed by atoms with Gasteiger partial charge in [0.25, 0.3) is 11.8 Å². The molecule has 9 nitrogen and oxygen atoms in total. The zero-order valence-corrected chi connectivity index (χ0v) is 21.7. The van der Waals surface area contributed by atoms with E-state index in [4.69, 9.17) is 30.5 Å². The highest BCUT2D eigenvalue weighted by atomic mass is 35.5. The third-order valence-electron chi connectivity index (χ3n) is 5.20. The molecule has 37 heavy (non-hydrogen) atoms. The van der Waals surface area contributed by atoms with Crippen LogP contribution < -0.4 is 24.3 Å². The lowest BCUT2D eigenvalue weighted by molar-refractivity contribution is -0.130. The number of rotatable bonds is 12. The topological polar surface area (TPSA) is 103 Å². The minimum absolute atomic E-state index is 0.0843. The van der Waals surface area contributed by atoms with Gasteiger partial charge in [-0.25, -0.2) is 4.79 Å². The Hall–Kier alpha value is -3.98. The van der Waals surface area contributed by atoms with Crippen molar-refractivity contribution in [3.05, 3.63) is 64.7 Å². The van der Waals surface area contributed by atoms with E-state index in [0.29, 0.717) is 47.3 Å². The van der Waals surface area contributed by atoms with Gasteiger partial charge in [0.15, 0.2) is 23.0 Å². The van der Waals surface area contributed by atoms with Crippen molar-refractivity contribution in [1.82, 2.24) is 10.2 Å². The number of nitrogens with one attached hydrogen (secondary N) is 1. The van der Waals surface area contributed by atoms with E-state index in [1.165, 1.54) is 19.3 Å². The van der Waals surface area contributed by atoms with Crippen molar-refractivity contribution in [1.29, 1.82) is 0 Å². The van der Waals surface area contributed by atoms with Crippen LogP contribution in [0.3, 0.4) is 0 Å². The van der Waals surface area contributed by atoms with E-state index in [-0.39, 0.29) is 23.7 Å². The molecule has 0 radical (unpaired) electrons. The molecule has 0 aromatic heterocycles. The number of barbiturate groups is 1. The van der Waals surface area contributed by atoms with Gasteiger partial charge in [-0.05, 0) is 54.8 Å².